The minimum absolute atomic E-state index is 0.0304. The van der Waals surface area contributed by atoms with Crippen molar-refractivity contribution in [3.63, 3.8) is 0 Å². The molecule has 0 saturated heterocycles. The van der Waals surface area contributed by atoms with Crippen molar-refractivity contribution >= 4 is 11.5 Å². The van der Waals surface area contributed by atoms with Gasteiger partial charge in [0.2, 0.25) is 5.78 Å². The standard InChI is InChI=1S/C13H8F2N2O4/c14-13(15)21-11-5-4-8(17(19)20)7-9(11)12(18)10-3-1-2-6-16-10/h1-7,13H. The van der Waals surface area contributed by atoms with E-state index in [0.717, 1.165) is 18.2 Å². The highest BCUT2D eigenvalue weighted by Crippen LogP contribution is 2.27. The third-order valence-electron chi connectivity index (χ3n) is 2.53. The highest BCUT2D eigenvalue weighted by atomic mass is 19.3. The molecule has 1 aromatic heterocycles. The zero-order valence-electron chi connectivity index (χ0n) is 10.4. The molecule has 0 aliphatic heterocycles. The van der Waals surface area contributed by atoms with Crippen molar-refractivity contribution in [2.75, 3.05) is 0 Å². The number of pyridine rings is 1. The Bertz CT molecular complexity index is 677. The molecule has 0 spiro atoms. The summed E-state index contributed by atoms with van der Waals surface area (Å²) in [5.41, 5.74) is -0.781. The maximum absolute atomic E-state index is 12.3. The van der Waals surface area contributed by atoms with Gasteiger partial charge in [-0.25, -0.2) is 0 Å². The van der Waals surface area contributed by atoms with Crippen LogP contribution in [0.2, 0.25) is 0 Å². The van der Waals surface area contributed by atoms with E-state index < -0.39 is 28.8 Å². The average molecular weight is 294 g/mol. The summed E-state index contributed by atoms with van der Waals surface area (Å²) in [5.74, 6) is -1.18. The highest BCUT2D eigenvalue weighted by molar-refractivity contribution is 6.09. The fraction of sp³-hybridized carbons (Fsp3) is 0.0769. The number of alkyl halides is 2. The number of nitro groups is 1. The summed E-state index contributed by atoms with van der Waals surface area (Å²) in [6.45, 7) is -3.15. The first kappa shape index (κ1) is 14.5. The Hall–Kier alpha value is -2.90. The van der Waals surface area contributed by atoms with Crippen LogP contribution in [0, 0.1) is 10.1 Å². The monoisotopic (exact) mass is 294 g/mol. The van der Waals surface area contributed by atoms with E-state index in [-0.39, 0.29) is 11.3 Å². The second-order valence-electron chi connectivity index (χ2n) is 3.86. The quantitative estimate of drug-likeness (QED) is 0.481. The highest BCUT2D eigenvalue weighted by Gasteiger charge is 2.21. The Morgan fingerprint density at radius 1 is 1.29 bits per heavy atom. The number of carbonyl (C=O) groups is 1. The van der Waals surface area contributed by atoms with Gasteiger partial charge in [-0.2, -0.15) is 8.78 Å². The SMILES string of the molecule is O=C(c1ccccn1)c1cc([N+](=O)[O-])ccc1OC(F)F. The predicted molar refractivity (Wildman–Crippen MR) is 67.4 cm³/mol. The van der Waals surface area contributed by atoms with Gasteiger partial charge in [0, 0.05) is 18.3 Å². The normalized spacial score (nSPS) is 10.4. The van der Waals surface area contributed by atoms with Crippen LogP contribution in [0.4, 0.5) is 14.5 Å². The van der Waals surface area contributed by atoms with Gasteiger partial charge in [-0.05, 0) is 18.2 Å². The second-order valence-corrected chi connectivity index (χ2v) is 3.86. The maximum atomic E-state index is 12.3. The zero-order chi connectivity index (χ0) is 15.4. The third-order valence-corrected chi connectivity index (χ3v) is 2.53. The lowest BCUT2D eigenvalue weighted by molar-refractivity contribution is -0.384. The first-order valence-electron chi connectivity index (χ1n) is 5.68. The smallest absolute Gasteiger partial charge is 0.387 e. The summed E-state index contributed by atoms with van der Waals surface area (Å²) in [4.78, 5) is 26.0. The molecule has 0 unspecified atom stereocenters. The minimum Gasteiger partial charge on any atom is -0.434 e. The Morgan fingerprint density at radius 3 is 2.62 bits per heavy atom. The number of aromatic nitrogens is 1. The molecule has 0 aliphatic carbocycles. The first-order valence-corrected chi connectivity index (χ1v) is 5.68. The summed E-state index contributed by atoms with van der Waals surface area (Å²) in [7, 11) is 0. The van der Waals surface area contributed by atoms with Gasteiger partial charge in [0.25, 0.3) is 5.69 Å². The van der Waals surface area contributed by atoms with Crippen molar-refractivity contribution in [3.05, 3.63) is 64.0 Å². The lowest BCUT2D eigenvalue weighted by atomic mass is 10.1. The van der Waals surface area contributed by atoms with E-state index >= 15 is 0 Å². The largest absolute Gasteiger partial charge is 0.434 e. The molecule has 1 aromatic carbocycles. The number of carbonyl (C=O) groups excluding carboxylic acids is 1. The third kappa shape index (κ3) is 3.35. The molecule has 0 bridgehead atoms. The molecule has 6 nitrogen and oxygen atoms in total. The number of halogens is 2. The van der Waals surface area contributed by atoms with Gasteiger partial charge in [0.05, 0.1) is 10.5 Å². The van der Waals surface area contributed by atoms with Crippen LogP contribution in [0.1, 0.15) is 16.1 Å². The molecule has 0 fully saturated rings. The van der Waals surface area contributed by atoms with Crippen molar-refractivity contribution in [2.24, 2.45) is 0 Å². The lowest BCUT2D eigenvalue weighted by Crippen LogP contribution is -2.10. The number of nitrogens with zero attached hydrogens (tertiary/aromatic N) is 2. The first-order chi connectivity index (χ1) is 9.99. The molecular weight excluding hydrogens is 286 g/mol. The van der Waals surface area contributed by atoms with Gasteiger partial charge in [-0.3, -0.25) is 19.9 Å². The molecule has 0 atom stereocenters. The van der Waals surface area contributed by atoms with Gasteiger partial charge in [0.1, 0.15) is 11.4 Å². The predicted octanol–water partition coefficient (Wildman–Crippen LogP) is 2.82. The molecule has 21 heavy (non-hydrogen) atoms. The Balaban J connectivity index is 2.50. The molecule has 0 radical (unpaired) electrons. The van der Waals surface area contributed by atoms with Crippen molar-refractivity contribution < 1.29 is 23.2 Å². The van der Waals surface area contributed by atoms with Gasteiger partial charge in [0.15, 0.2) is 0 Å². The minimum atomic E-state index is -3.15. The zero-order valence-corrected chi connectivity index (χ0v) is 10.4. The molecule has 1 heterocycles. The summed E-state index contributed by atoms with van der Waals surface area (Å²) in [6, 6.07) is 7.29. The number of ether oxygens (including phenoxy) is 1. The van der Waals surface area contributed by atoms with E-state index in [2.05, 4.69) is 9.72 Å². The fourth-order valence-electron chi connectivity index (χ4n) is 1.64. The number of ketones is 1. The van der Waals surface area contributed by atoms with E-state index in [9.17, 15) is 23.7 Å². The molecule has 8 heteroatoms. The van der Waals surface area contributed by atoms with Crippen molar-refractivity contribution in [1.82, 2.24) is 4.98 Å². The molecule has 2 aromatic rings. The molecule has 0 saturated carbocycles. The van der Waals surface area contributed by atoms with E-state index in [1.807, 2.05) is 0 Å². The second kappa shape index (κ2) is 6.04. The van der Waals surface area contributed by atoms with E-state index in [4.69, 9.17) is 0 Å². The van der Waals surface area contributed by atoms with Crippen LogP contribution >= 0.6 is 0 Å². The molecule has 2 rings (SSSR count). The number of rotatable bonds is 5. The number of benzene rings is 1. The van der Waals surface area contributed by atoms with Gasteiger partial charge in [-0.1, -0.05) is 6.07 Å². The maximum Gasteiger partial charge on any atom is 0.387 e. The molecule has 108 valence electrons. The average Bonchev–Trinajstić information content (AvgIpc) is 2.47. The van der Waals surface area contributed by atoms with E-state index in [1.165, 1.54) is 18.3 Å². The Morgan fingerprint density at radius 2 is 2.05 bits per heavy atom. The van der Waals surface area contributed by atoms with Crippen molar-refractivity contribution in [1.29, 1.82) is 0 Å². The molecule has 0 N–H and O–H groups in total. The van der Waals surface area contributed by atoms with Crippen LogP contribution in [-0.2, 0) is 0 Å². The van der Waals surface area contributed by atoms with Gasteiger partial charge < -0.3 is 4.74 Å². The molecule has 0 aliphatic rings. The van der Waals surface area contributed by atoms with Crippen molar-refractivity contribution in [3.8, 4) is 5.75 Å². The summed E-state index contributed by atoms with van der Waals surface area (Å²) in [5, 5.41) is 10.7. The van der Waals surface area contributed by atoms with Crippen LogP contribution < -0.4 is 4.74 Å². The van der Waals surface area contributed by atoms with Crippen LogP contribution in [0.15, 0.2) is 42.6 Å². The van der Waals surface area contributed by atoms with Crippen molar-refractivity contribution in [2.45, 2.75) is 6.61 Å². The fourth-order valence-corrected chi connectivity index (χ4v) is 1.64. The van der Waals surface area contributed by atoms with E-state index in [0.29, 0.717) is 0 Å². The summed E-state index contributed by atoms with van der Waals surface area (Å²) in [6.07, 6.45) is 1.35. The lowest BCUT2D eigenvalue weighted by Gasteiger charge is -2.09. The number of non-ortho nitro benzene ring substituents is 1. The summed E-state index contributed by atoms with van der Waals surface area (Å²) < 4.78 is 28.9. The molecule has 0 amide bonds. The Kier molecular flexibility index (Phi) is 4.17. The topological polar surface area (TPSA) is 82.3 Å². The van der Waals surface area contributed by atoms with Crippen LogP contribution in [0.3, 0.4) is 0 Å². The van der Waals surface area contributed by atoms with Crippen LogP contribution in [0.5, 0.6) is 5.75 Å². The summed E-state index contributed by atoms with van der Waals surface area (Å²) >= 11 is 0. The van der Waals surface area contributed by atoms with Crippen LogP contribution in [0.25, 0.3) is 0 Å². The number of hydrogen-bond acceptors (Lipinski definition) is 5. The molecular formula is C13H8F2N2O4. The van der Waals surface area contributed by atoms with Crippen LogP contribution in [-0.4, -0.2) is 22.3 Å². The van der Waals surface area contributed by atoms with E-state index in [1.54, 1.807) is 6.07 Å². The number of hydrogen-bond donors (Lipinski definition) is 0. The van der Waals surface area contributed by atoms with Gasteiger partial charge >= 0.3 is 6.61 Å². The number of nitro benzene ring substituents is 1. The Labute approximate surface area is 117 Å². The van der Waals surface area contributed by atoms with Gasteiger partial charge in [-0.15, -0.1) is 0 Å².